The lowest BCUT2D eigenvalue weighted by atomic mass is 10.1. The topological polar surface area (TPSA) is 141 Å². The summed E-state index contributed by atoms with van der Waals surface area (Å²) in [6.45, 7) is 4.49. The number of amides is 3. The van der Waals surface area contributed by atoms with Crippen LogP contribution in [0.1, 0.15) is 18.1 Å². The Balaban J connectivity index is 1.27. The molecule has 3 aromatic rings. The van der Waals surface area contributed by atoms with Crippen molar-refractivity contribution in [3.63, 3.8) is 0 Å². The van der Waals surface area contributed by atoms with Crippen molar-refractivity contribution in [3.05, 3.63) is 90.4 Å². The molecule has 3 amide bonds. The summed E-state index contributed by atoms with van der Waals surface area (Å²) >= 11 is 2.86. The average Bonchev–Trinajstić information content (AvgIpc) is 3.28. The highest BCUT2D eigenvalue weighted by atomic mass is 127. The zero-order valence-corrected chi connectivity index (χ0v) is 27.2. The summed E-state index contributed by atoms with van der Waals surface area (Å²) in [4.78, 5) is 52.7. The molecule has 234 valence electrons. The van der Waals surface area contributed by atoms with E-state index in [0.29, 0.717) is 59.2 Å². The fraction of sp³-hybridized carbons (Fsp3) is 0.258. The van der Waals surface area contributed by atoms with Crippen molar-refractivity contribution in [1.29, 1.82) is 0 Å². The van der Waals surface area contributed by atoms with Gasteiger partial charge in [-0.2, -0.15) is 0 Å². The Morgan fingerprint density at radius 2 is 1.84 bits per heavy atom. The Labute approximate surface area is 277 Å². The second-order valence-corrected chi connectivity index (χ2v) is 12.1. The summed E-state index contributed by atoms with van der Waals surface area (Å²) in [7, 11) is 0. The third kappa shape index (κ3) is 7.93. The number of rotatable bonds is 11. The summed E-state index contributed by atoms with van der Waals surface area (Å²) in [5.74, 6) is -0.125. The largest absolute Gasteiger partial charge is 0.490 e. The van der Waals surface area contributed by atoms with Crippen molar-refractivity contribution in [2.24, 2.45) is 0 Å². The molecule has 0 aromatic heterocycles. The van der Waals surface area contributed by atoms with Crippen molar-refractivity contribution in [2.75, 3.05) is 49.7 Å². The standard InChI is InChI=1S/C31H29IN4O8S/c1-2-43-26-16-21(15-23(32)29(26)44-19-20-7-9-22(10-8-20)36(40)41)17-27-30(38)35(31(39)45-27)18-28(37)33-24-5-3-4-6-25(24)34-11-13-42-14-12-34/h3-10,15-17H,2,11-14,18-19H2,1H3,(H,33,37)/b27-17+. The Bertz CT molecular complexity index is 1640. The maximum Gasteiger partial charge on any atom is 0.294 e. The first kappa shape index (κ1) is 32.2. The Kier molecular flexibility index (Phi) is 10.6. The molecule has 12 nitrogen and oxygen atoms in total. The summed E-state index contributed by atoms with van der Waals surface area (Å²) in [5.41, 5.74) is 2.79. The van der Waals surface area contributed by atoms with Gasteiger partial charge in [0.15, 0.2) is 11.5 Å². The molecule has 2 saturated heterocycles. The maximum absolute atomic E-state index is 13.2. The van der Waals surface area contributed by atoms with Gasteiger partial charge in [-0.1, -0.05) is 12.1 Å². The Morgan fingerprint density at radius 1 is 1.11 bits per heavy atom. The zero-order chi connectivity index (χ0) is 31.9. The smallest absolute Gasteiger partial charge is 0.294 e. The predicted octanol–water partition coefficient (Wildman–Crippen LogP) is 5.69. The van der Waals surface area contributed by atoms with Crippen molar-refractivity contribution in [3.8, 4) is 11.5 Å². The summed E-state index contributed by atoms with van der Waals surface area (Å²) in [6, 6.07) is 17.0. The van der Waals surface area contributed by atoms with Gasteiger partial charge in [0.25, 0.3) is 16.8 Å². The van der Waals surface area contributed by atoms with Crippen molar-refractivity contribution in [1.82, 2.24) is 4.90 Å². The Hall–Kier alpha value is -4.15. The molecular formula is C31H29IN4O8S. The number of hydrogen-bond donors (Lipinski definition) is 1. The minimum Gasteiger partial charge on any atom is -0.490 e. The van der Waals surface area contributed by atoms with E-state index in [9.17, 15) is 24.5 Å². The fourth-order valence-corrected chi connectivity index (χ4v) is 6.34. The number of nitro groups is 1. The van der Waals surface area contributed by atoms with E-state index in [1.807, 2.05) is 25.1 Å². The number of imide groups is 1. The number of non-ortho nitro benzene ring substituents is 1. The van der Waals surface area contributed by atoms with E-state index in [1.54, 1.807) is 36.4 Å². The number of thioether (sulfide) groups is 1. The molecule has 0 spiro atoms. The highest BCUT2D eigenvalue weighted by Crippen LogP contribution is 2.38. The van der Waals surface area contributed by atoms with Gasteiger partial charge < -0.3 is 24.4 Å². The van der Waals surface area contributed by atoms with E-state index in [1.165, 1.54) is 12.1 Å². The number of carbonyl (C=O) groups excluding carboxylic acids is 3. The van der Waals surface area contributed by atoms with Crippen LogP contribution in [0.5, 0.6) is 11.5 Å². The third-order valence-corrected chi connectivity index (χ3v) is 8.57. The van der Waals surface area contributed by atoms with Gasteiger partial charge in [0.05, 0.1) is 44.6 Å². The minimum atomic E-state index is -0.562. The van der Waals surface area contributed by atoms with Gasteiger partial charge in [-0.15, -0.1) is 0 Å². The molecule has 2 fully saturated rings. The van der Waals surface area contributed by atoms with Crippen LogP contribution >= 0.6 is 34.4 Å². The third-order valence-electron chi connectivity index (χ3n) is 6.87. The first-order valence-corrected chi connectivity index (χ1v) is 15.9. The molecule has 0 radical (unpaired) electrons. The van der Waals surface area contributed by atoms with E-state index < -0.39 is 28.5 Å². The second-order valence-electron chi connectivity index (χ2n) is 9.91. The SMILES string of the molecule is CCOc1cc(/C=C2/SC(=O)N(CC(=O)Nc3ccccc3N3CCOCC3)C2=O)cc(I)c1OCc1ccc([N+](=O)[O-])cc1. The van der Waals surface area contributed by atoms with Crippen LogP contribution in [0.3, 0.4) is 0 Å². The number of para-hydroxylation sites is 2. The first-order valence-electron chi connectivity index (χ1n) is 14.0. The Morgan fingerprint density at radius 3 is 2.56 bits per heavy atom. The van der Waals surface area contributed by atoms with Crippen LogP contribution in [0.25, 0.3) is 6.08 Å². The van der Waals surface area contributed by atoms with Crippen LogP contribution in [0, 0.1) is 13.7 Å². The van der Waals surface area contributed by atoms with Gasteiger partial charge >= 0.3 is 0 Å². The van der Waals surface area contributed by atoms with Gasteiger partial charge in [-0.25, -0.2) is 0 Å². The van der Waals surface area contributed by atoms with Crippen molar-refractivity contribution < 1.29 is 33.5 Å². The van der Waals surface area contributed by atoms with Gasteiger partial charge in [0.1, 0.15) is 13.2 Å². The van der Waals surface area contributed by atoms with Crippen molar-refractivity contribution >= 4 is 74.5 Å². The first-order chi connectivity index (χ1) is 21.7. The summed E-state index contributed by atoms with van der Waals surface area (Å²) in [5, 5.41) is 13.2. The molecule has 0 unspecified atom stereocenters. The quantitative estimate of drug-likeness (QED) is 0.113. The predicted molar refractivity (Wildman–Crippen MR) is 179 cm³/mol. The number of halogens is 1. The van der Waals surface area contributed by atoms with Crippen LogP contribution in [0.15, 0.2) is 65.6 Å². The highest BCUT2D eigenvalue weighted by molar-refractivity contribution is 14.1. The monoisotopic (exact) mass is 744 g/mol. The van der Waals surface area contributed by atoms with E-state index in [2.05, 4.69) is 32.8 Å². The van der Waals surface area contributed by atoms with Crippen LogP contribution in [0.2, 0.25) is 0 Å². The number of nitro benzene ring substituents is 1. The molecule has 45 heavy (non-hydrogen) atoms. The number of nitrogens with one attached hydrogen (secondary N) is 1. The number of anilines is 2. The summed E-state index contributed by atoms with van der Waals surface area (Å²) in [6.07, 6.45) is 1.58. The average molecular weight is 745 g/mol. The van der Waals surface area contributed by atoms with Crippen LogP contribution in [-0.2, 0) is 20.9 Å². The lowest BCUT2D eigenvalue weighted by molar-refractivity contribution is -0.384. The lowest BCUT2D eigenvalue weighted by Gasteiger charge is -2.30. The number of benzene rings is 3. The van der Waals surface area contributed by atoms with Gasteiger partial charge in [-0.05, 0) is 94.9 Å². The van der Waals surface area contributed by atoms with Gasteiger partial charge in [0.2, 0.25) is 5.91 Å². The number of nitrogens with zero attached hydrogens (tertiary/aromatic N) is 3. The van der Waals surface area contributed by atoms with E-state index >= 15 is 0 Å². The molecule has 0 bridgehead atoms. The van der Waals surface area contributed by atoms with Crippen LogP contribution < -0.4 is 19.7 Å². The molecule has 3 aromatic carbocycles. The molecule has 0 aliphatic carbocycles. The number of morpholine rings is 1. The second kappa shape index (κ2) is 14.8. The zero-order valence-electron chi connectivity index (χ0n) is 24.2. The molecule has 5 rings (SSSR count). The van der Waals surface area contributed by atoms with E-state index in [4.69, 9.17) is 14.2 Å². The van der Waals surface area contributed by atoms with Gasteiger partial charge in [0, 0.05) is 25.2 Å². The highest BCUT2D eigenvalue weighted by Gasteiger charge is 2.36. The maximum atomic E-state index is 13.2. The molecule has 0 saturated carbocycles. The van der Waals surface area contributed by atoms with Crippen LogP contribution in [-0.4, -0.2) is 66.3 Å². The molecule has 1 N–H and O–H groups in total. The number of ether oxygens (including phenoxy) is 3. The van der Waals surface area contributed by atoms with Gasteiger partial charge in [-0.3, -0.25) is 29.4 Å². The van der Waals surface area contributed by atoms with Crippen LogP contribution in [0.4, 0.5) is 21.9 Å². The molecule has 14 heteroatoms. The molecule has 2 aliphatic rings. The molecule has 2 heterocycles. The number of carbonyl (C=O) groups is 3. The molecular weight excluding hydrogens is 715 g/mol. The van der Waals surface area contributed by atoms with E-state index in [-0.39, 0.29) is 17.2 Å². The normalized spacial score (nSPS) is 15.8. The fourth-order valence-electron chi connectivity index (χ4n) is 4.72. The summed E-state index contributed by atoms with van der Waals surface area (Å²) < 4.78 is 18.0. The molecule has 2 aliphatic heterocycles. The lowest BCUT2D eigenvalue weighted by Crippen LogP contribution is -2.38. The van der Waals surface area contributed by atoms with E-state index in [0.717, 1.165) is 27.9 Å². The van der Waals surface area contributed by atoms with Crippen molar-refractivity contribution in [2.45, 2.75) is 13.5 Å². The number of hydrogen-bond acceptors (Lipinski definition) is 10. The molecule has 0 atom stereocenters. The minimum absolute atomic E-state index is 0.00755.